The van der Waals surface area contributed by atoms with Gasteiger partial charge in [-0.25, -0.2) is 14.4 Å². The fourth-order valence-electron chi connectivity index (χ4n) is 4.20. The quantitative estimate of drug-likeness (QED) is 0.369. The molecule has 12 heteroatoms. The number of rotatable bonds is 5. The van der Waals surface area contributed by atoms with Gasteiger partial charge in [0.25, 0.3) is 5.56 Å². The van der Waals surface area contributed by atoms with Gasteiger partial charge in [0.2, 0.25) is 0 Å². The summed E-state index contributed by atoms with van der Waals surface area (Å²) < 4.78 is 59.6. The van der Waals surface area contributed by atoms with Crippen LogP contribution < -0.4 is 11.3 Å². The number of nitrogens with zero attached hydrogens (tertiary/aromatic N) is 4. The Balaban J connectivity index is 1.78. The molecule has 0 spiro atoms. The van der Waals surface area contributed by atoms with Crippen molar-refractivity contribution >= 4 is 23.5 Å². The smallest absolute Gasteiger partial charge is 0.404 e. The zero-order chi connectivity index (χ0) is 26.9. The lowest BCUT2D eigenvalue weighted by atomic mass is 9.89. The molecule has 1 fully saturated rings. The summed E-state index contributed by atoms with van der Waals surface area (Å²) >= 11 is 5.93. The molecule has 7 nitrogen and oxygen atoms in total. The fourth-order valence-corrected chi connectivity index (χ4v) is 4.36. The van der Waals surface area contributed by atoms with Crippen LogP contribution in [-0.2, 0) is 4.74 Å². The number of aliphatic imine (C=N–C) groups is 1. The average Bonchev–Trinajstić information content (AvgIpc) is 2.84. The van der Waals surface area contributed by atoms with Gasteiger partial charge >= 0.3 is 6.18 Å². The van der Waals surface area contributed by atoms with Crippen molar-refractivity contribution in [2.24, 2.45) is 10.7 Å². The maximum atomic E-state index is 15.0. The van der Waals surface area contributed by atoms with Crippen LogP contribution in [0.15, 0.2) is 46.0 Å². The highest BCUT2D eigenvalue weighted by molar-refractivity contribution is 6.30. The Morgan fingerprint density at radius 2 is 2.08 bits per heavy atom. The van der Waals surface area contributed by atoms with Crippen LogP contribution in [0.1, 0.15) is 35.7 Å². The predicted octanol–water partition coefficient (Wildman–Crippen LogP) is 4.90. The molecule has 0 amide bonds. The Hall–Kier alpha value is -3.31. The first-order valence-corrected chi connectivity index (χ1v) is 11.8. The lowest BCUT2D eigenvalue weighted by Crippen LogP contribution is -2.29. The molecule has 1 aliphatic rings. The zero-order valence-electron chi connectivity index (χ0n) is 20.0. The van der Waals surface area contributed by atoms with Crippen molar-refractivity contribution < 1.29 is 22.3 Å². The van der Waals surface area contributed by atoms with E-state index in [1.165, 1.54) is 16.5 Å². The molecule has 2 aromatic heterocycles. The van der Waals surface area contributed by atoms with Gasteiger partial charge in [0.05, 0.1) is 11.8 Å². The van der Waals surface area contributed by atoms with E-state index in [-0.39, 0.29) is 40.0 Å². The normalized spacial score (nSPS) is 19.2. The van der Waals surface area contributed by atoms with E-state index in [2.05, 4.69) is 9.98 Å². The molecule has 37 heavy (non-hydrogen) atoms. The van der Waals surface area contributed by atoms with E-state index in [1.807, 2.05) is 0 Å². The molecule has 196 valence electrons. The molecule has 0 radical (unpaired) electrons. The molecule has 2 atom stereocenters. The van der Waals surface area contributed by atoms with Crippen molar-refractivity contribution in [2.45, 2.75) is 44.9 Å². The maximum Gasteiger partial charge on any atom is 0.407 e. The van der Waals surface area contributed by atoms with Gasteiger partial charge in [-0.3, -0.25) is 14.2 Å². The summed E-state index contributed by atoms with van der Waals surface area (Å²) in [6.07, 6.45) is -0.447. The number of hydrogen-bond donors (Lipinski definition) is 1. The van der Waals surface area contributed by atoms with Crippen LogP contribution in [0.3, 0.4) is 0 Å². The molecule has 4 rings (SSSR count). The largest absolute Gasteiger partial charge is 0.407 e. The van der Waals surface area contributed by atoms with E-state index in [1.54, 1.807) is 20.0 Å². The molecule has 1 aliphatic heterocycles. The maximum absolute atomic E-state index is 15.0. The molecule has 1 saturated heterocycles. The molecule has 0 saturated carbocycles. The molecule has 2 unspecified atom stereocenters. The lowest BCUT2D eigenvalue weighted by Gasteiger charge is -2.30. The SMILES string of the molecule is Cc1nc2c(-c3ccc(Cl)cc3F)nc(C3CCOC(/C(C=NCC(F)(F)F)=C/N)C3)cn2c(=O)c1C. The summed E-state index contributed by atoms with van der Waals surface area (Å²) in [5.74, 6) is -0.887. The van der Waals surface area contributed by atoms with Crippen molar-refractivity contribution in [3.8, 4) is 11.3 Å². The number of halogens is 5. The van der Waals surface area contributed by atoms with E-state index in [4.69, 9.17) is 27.1 Å². The minimum atomic E-state index is -4.44. The molecule has 3 aromatic rings. The standard InChI is InChI=1S/C25H24ClF4N5O2/c1-13-14(2)33-23-22(18-4-3-17(26)8-19(18)27)34-20(11-35(23)24(13)36)15-5-6-37-21(7-15)16(9-31)10-32-12-25(28,29)30/h3-4,8-11,15,21H,5-7,12,31H2,1-2H3/b16-9+,32-10?. The van der Waals surface area contributed by atoms with Crippen molar-refractivity contribution in [3.63, 3.8) is 0 Å². The third kappa shape index (κ3) is 5.83. The third-order valence-electron chi connectivity index (χ3n) is 6.26. The molecule has 0 bridgehead atoms. The highest BCUT2D eigenvalue weighted by Crippen LogP contribution is 2.34. The minimum absolute atomic E-state index is 0.129. The van der Waals surface area contributed by atoms with Gasteiger partial charge in [-0.15, -0.1) is 0 Å². The topological polar surface area (TPSA) is 94.9 Å². The van der Waals surface area contributed by atoms with E-state index in [9.17, 15) is 22.4 Å². The monoisotopic (exact) mass is 537 g/mol. The fraction of sp³-hybridized carbons (Fsp3) is 0.360. The predicted molar refractivity (Wildman–Crippen MR) is 133 cm³/mol. The van der Waals surface area contributed by atoms with E-state index >= 15 is 0 Å². The van der Waals surface area contributed by atoms with Crippen molar-refractivity contribution in [1.29, 1.82) is 0 Å². The first-order valence-electron chi connectivity index (χ1n) is 11.4. The second-order valence-corrected chi connectivity index (χ2v) is 9.23. The molecule has 1 aromatic carbocycles. The first-order chi connectivity index (χ1) is 17.5. The number of alkyl halides is 3. The summed E-state index contributed by atoms with van der Waals surface area (Å²) in [6.45, 7) is 2.28. The lowest BCUT2D eigenvalue weighted by molar-refractivity contribution is -0.118. The van der Waals surface area contributed by atoms with E-state index in [0.29, 0.717) is 35.4 Å². The first kappa shape index (κ1) is 26.7. The van der Waals surface area contributed by atoms with Crippen molar-refractivity contribution in [3.05, 3.63) is 74.3 Å². The minimum Gasteiger partial charge on any atom is -0.404 e. The summed E-state index contributed by atoms with van der Waals surface area (Å²) in [5, 5.41) is 0.208. The summed E-state index contributed by atoms with van der Waals surface area (Å²) in [5.41, 5.74) is 7.57. The molecular weight excluding hydrogens is 514 g/mol. The Kier molecular flexibility index (Phi) is 7.65. The average molecular weight is 538 g/mol. The van der Waals surface area contributed by atoms with Gasteiger partial charge < -0.3 is 10.5 Å². The Morgan fingerprint density at radius 3 is 2.76 bits per heavy atom. The highest BCUT2D eigenvalue weighted by Gasteiger charge is 2.30. The summed E-state index contributed by atoms with van der Waals surface area (Å²) in [7, 11) is 0. The van der Waals surface area contributed by atoms with Crippen LogP contribution in [-0.4, -0.2) is 46.0 Å². The Labute approximate surface area is 214 Å². The van der Waals surface area contributed by atoms with Gasteiger partial charge in [-0.05, 0) is 44.9 Å². The number of nitrogens with two attached hydrogens (primary N) is 1. The second-order valence-electron chi connectivity index (χ2n) is 8.79. The van der Waals surface area contributed by atoms with Crippen LogP contribution in [0.25, 0.3) is 16.9 Å². The molecular formula is C25H24ClF4N5O2. The number of ether oxygens (including phenoxy) is 1. The zero-order valence-corrected chi connectivity index (χ0v) is 20.8. The van der Waals surface area contributed by atoms with Gasteiger partial charge in [0.15, 0.2) is 5.65 Å². The number of aromatic nitrogens is 3. The van der Waals surface area contributed by atoms with Gasteiger partial charge in [0, 0.05) is 58.6 Å². The van der Waals surface area contributed by atoms with Gasteiger partial charge in [0.1, 0.15) is 18.1 Å². The van der Waals surface area contributed by atoms with Gasteiger partial charge in [-0.2, -0.15) is 13.2 Å². The summed E-state index contributed by atoms with van der Waals surface area (Å²) in [6, 6.07) is 4.15. The second kappa shape index (κ2) is 10.6. The molecule has 0 aliphatic carbocycles. The van der Waals surface area contributed by atoms with E-state index in [0.717, 1.165) is 18.5 Å². The molecule has 3 heterocycles. The number of hydrogen-bond acceptors (Lipinski definition) is 6. The van der Waals surface area contributed by atoms with Crippen LogP contribution >= 0.6 is 11.6 Å². The van der Waals surface area contributed by atoms with Crippen LogP contribution in [0, 0.1) is 19.7 Å². The molecule has 2 N–H and O–H groups in total. The van der Waals surface area contributed by atoms with Crippen molar-refractivity contribution in [2.75, 3.05) is 13.2 Å². The van der Waals surface area contributed by atoms with Crippen LogP contribution in [0.5, 0.6) is 0 Å². The Bertz CT molecular complexity index is 1450. The van der Waals surface area contributed by atoms with Crippen LogP contribution in [0.2, 0.25) is 5.02 Å². The number of aryl methyl sites for hydroxylation is 1. The van der Waals surface area contributed by atoms with E-state index < -0.39 is 24.6 Å². The number of fused-ring (bicyclic) bond motifs is 1. The van der Waals surface area contributed by atoms with Crippen molar-refractivity contribution in [1.82, 2.24) is 14.4 Å². The third-order valence-corrected chi connectivity index (χ3v) is 6.50. The number of benzene rings is 1. The van der Waals surface area contributed by atoms with Crippen LogP contribution in [0.4, 0.5) is 17.6 Å². The Morgan fingerprint density at radius 1 is 1.32 bits per heavy atom. The van der Waals surface area contributed by atoms with Gasteiger partial charge in [-0.1, -0.05) is 11.6 Å². The summed E-state index contributed by atoms with van der Waals surface area (Å²) in [4.78, 5) is 25.8. The highest BCUT2D eigenvalue weighted by atomic mass is 35.5.